The topological polar surface area (TPSA) is 93.1 Å². The summed E-state index contributed by atoms with van der Waals surface area (Å²) < 4.78 is 19.3. The van der Waals surface area contributed by atoms with E-state index in [1.807, 2.05) is 4.90 Å². The molecule has 1 aromatic carbocycles. The molecule has 0 radical (unpaired) electrons. The van der Waals surface area contributed by atoms with Crippen molar-refractivity contribution in [2.75, 3.05) is 31.2 Å². The molecule has 128 valence electrons. The molecule has 1 aliphatic heterocycles. The zero-order chi connectivity index (χ0) is 17.4. The monoisotopic (exact) mass is 343 g/mol. The van der Waals surface area contributed by atoms with Crippen LogP contribution < -0.4 is 16.1 Å². The Hall–Kier alpha value is -3.07. The summed E-state index contributed by atoms with van der Waals surface area (Å²) in [6, 6.07) is 5.09. The lowest BCUT2D eigenvalue weighted by atomic mass is 10.3. The van der Waals surface area contributed by atoms with Crippen LogP contribution in [0.2, 0.25) is 0 Å². The van der Waals surface area contributed by atoms with Gasteiger partial charge in [-0.1, -0.05) is 0 Å². The van der Waals surface area contributed by atoms with E-state index in [2.05, 4.69) is 15.0 Å². The molecule has 3 heterocycles. The van der Waals surface area contributed by atoms with Gasteiger partial charge in [-0.2, -0.15) is 4.98 Å². The van der Waals surface area contributed by atoms with Gasteiger partial charge in [0.15, 0.2) is 5.65 Å². The van der Waals surface area contributed by atoms with Crippen LogP contribution in [-0.2, 0) is 4.74 Å². The predicted molar refractivity (Wildman–Crippen MR) is 88.7 cm³/mol. The predicted octanol–water partition coefficient (Wildman–Crippen LogP) is 0.445. The number of anilines is 1. The lowest BCUT2D eigenvalue weighted by Crippen LogP contribution is -2.38. The van der Waals surface area contributed by atoms with Crippen LogP contribution in [0.1, 0.15) is 0 Å². The van der Waals surface area contributed by atoms with Crippen molar-refractivity contribution >= 4 is 17.0 Å². The molecule has 1 aliphatic rings. The summed E-state index contributed by atoms with van der Waals surface area (Å²) >= 11 is 0. The van der Waals surface area contributed by atoms with Crippen molar-refractivity contribution in [2.45, 2.75) is 0 Å². The largest absolute Gasteiger partial charge is 0.378 e. The fraction of sp³-hybridized carbons (Fsp3) is 0.250. The first-order valence-corrected chi connectivity index (χ1v) is 7.74. The maximum absolute atomic E-state index is 13.1. The minimum absolute atomic E-state index is 0.171. The number of hydrogen-bond acceptors (Lipinski definition) is 6. The molecular weight excluding hydrogens is 329 g/mol. The number of aromatic amines is 1. The lowest BCUT2D eigenvalue weighted by molar-refractivity contribution is 0.122. The molecule has 25 heavy (non-hydrogen) atoms. The molecule has 1 saturated heterocycles. The fourth-order valence-corrected chi connectivity index (χ4v) is 2.73. The molecule has 8 nitrogen and oxygen atoms in total. The van der Waals surface area contributed by atoms with E-state index in [1.54, 1.807) is 0 Å². The van der Waals surface area contributed by atoms with Crippen molar-refractivity contribution in [3.8, 4) is 5.69 Å². The second kappa shape index (κ2) is 6.10. The van der Waals surface area contributed by atoms with Gasteiger partial charge in [0, 0.05) is 19.3 Å². The number of benzene rings is 1. The Kier molecular flexibility index (Phi) is 3.77. The van der Waals surface area contributed by atoms with Crippen LogP contribution in [0, 0.1) is 5.82 Å². The SMILES string of the molecule is O=c1[nH]c2nc(N3CCOCC3)ncc2c(=O)n1-c1ccc(F)cc1. The number of H-pyrrole nitrogens is 1. The highest BCUT2D eigenvalue weighted by Crippen LogP contribution is 2.12. The highest BCUT2D eigenvalue weighted by Gasteiger charge is 2.16. The van der Waals surface area contributed by atoms with E-state index in [1.165, 1.54) is 30.5 Å². The Morgan fingerprint density at radius 3 is 2.56 bits per heavy atom. The standard InChI is InChI=1S/C16H14FN5O3/c17-10-1-3-11(4-2-10)22-14(23)12-9-18-15(19-13(12)20-16(22)24)21-5-7-25-8-6-21/h1-4,9H,5-8H2,(H,18,19,20,24). The highest BCUT2D eigenvalue weighted by atomic mass is 19.1. The van der Waals surface area contributed by atoms with Crippen molar-refractivity contribution in [1.82, 2.24) is 19.5 Å². The van der Waals surface area contributed by atoms with E-state index in [-0.39, 0.29) is 16.7 Å². The van der Waals surface area contributed by atoms with Gasteiger partial charge >= 0.3 is 5.69 Å². The van der Waals surface area contributed by atoms with Gasteiger partial charge in [-0.05, 0) is 24.3 Å². The average molecular weight is 343 g/mol. The molecule has 3 aromatic rings. The maximum Gasteiger partial charge on any atom is 0.334 e. The van der Waals surface area contributed by atoms with Gasteiger partial charge < -0.3 is 9.64 Å². The number of fused-ring (bicyclic) bond motifs is 1. The summed E-state index contributed by atoms with van der Waals surface area (Å²) in [5.74, 6) is -0.0158. The van der Waals surface area contributed by atoms with E-state index in [4.69, 9.17) is 4.74 Å². The first kappa shape index (κ1) is 15.5. The summed E-state index contributed by atoms with van der Waals surface area (Å²) in [6.07, 6.45) is 1.39. The third-order valence-corrected chi connectivity index (χ3v) is 4.02. The van der Waals surface area contributed by atoms with Crippen LogP contribution in [-0.4, -0.2) is 45.8 Å². The minimum Gasteiger partial charge on any atom is -0.378 e. The van der Waals surface area contributed by atoms with Crippen LogP contribution in [0.5, 0.6) is 0 Å². The molecule has 0 unspecified atom stereocenters. The first-order chi connectivity index (χ1) is 12.1. The number of nitrogens with one attached hydrogen (secondary N) is 1. The van der Waals surface area contributed by atoms with Gasteiger partial charge in [-0.3, -0.25) is 9.78 Å². The highest BCUT2D eigenvalue weighted by molar-refractivity contribution is 5.73. The minimum atomic E-state index is -0.643. The Labute approximate surface area is 140 Å². The van der Waals surface area contributed by atoms with Crippen LogP contribution in [0.4, 0.5) is 10.3 Å². The number of nitrogens with zero attached hydrogens (tertiary/aromatic N) is 4. The van der Waals surface area contributed by atoms with Crippen LogP contribution in [0.15, 0.2) is 40.1 Å². The van der Waals surface area contributed by atoms with E-state index in [9.17, 15) is 14.0 Å². The second-order valence-electron chi connectivity index (χ2n) is 5.58. The van der Waals surface area contributed by atoms with Gasteiger partial charge in [-0.25, -0.2) is 18.7 Å². The first-order valence-electron chi connectivity index (χ1n) is 7.74. The summed E-state index contributed by atoms with van der Waals surface area (Å²) in [5.41, 5.74) is -0.758. The summed E-state index contributed by atoms with van der Waals surface area (Å²) in [6.45, 7) is 2.43. The third-order valence-electron chi connectivity index (χ3n) is 4.02. The van der Waals surface area contributed by atoms with Gasteiger partial charge in [0.2, 0.25) is 5.95 Å². The van der Waals surface area contributed by atoms with E-state index < -0.39 is 17.1 Å². The number of ether oxygens (including phenoxy) is 1. The van der Waals surface area contributed by atoms with Gasteiger partial charge in [-0.15, -0.1) is 0 Å². The molecule has 0 amide bonds. The van der Waals surface area contributed by atoms with Crippen LogP contribution in [0.25, 0.3) is 16.7 Å². The van der Waals surface area contributed by atoms with Gasteiger partial charge in [0.1, 0.15) is 11.2 Å². The van der Waals surface area contributed by atoms with E-state index in [0.29, 0.717) is 32.3 Å². The zero-order valence-electron chi connectivity index (χ0n) is 13.1. The maximum atomic E-state index is 13.1. The Bertz CT molecular complexity index is 1040. The molecule has 9 heteroatoms. The smallest absolute Gasteiger partial charge is 0.334 e. The normalized spacial score (nSPS) is 14.8. The van der Waals surface area contributed by atoms with Crippen molar-refractivity contribution in [3.63, 3.8) is 0 Å². The molecule has 0 saturated carbocycles. The second-order valence-corrected chi connectivity index (χ2v) is 5.58. The molecule has 0 aliphatic carbocycles. The van der Waals surface area contributed by atoms with Crippen molar-refractivity contribution in [1.29, 1.82) is 0 Å². The van der Waals surface area contributed by atoms with E-state index in [0.717, 1.165) is 4.57 Å². The Balaban J connectivity index is 1.84. The Morgan fingerprint density at radius 2 is 1.84 bits per heavy atom. The fourth-order valence-electron chi connectivity index (χ4n) is 2.73. The molecule has 1 fully saturated rings. The number of aromatic nitrogens is 4. The van der Waals surface area contributed by atoms with Crippen molar-refractivity contribution in [2.24, 2.45) is 0 Å². The molecule has 0 bridgehead atoms. The molecule has 4 rings (SSSR count). The van der Waals surface area contributed by atoms with Crippen LogP contribution in [0.3, 0.4) is 0 Å². The molecule has 0 spiro atoms. The molecule has 2 aromatic heterocycles. The number of hydrogen-bond donors (Lipinski definition) is 1. The molecule has 1 N–H and O–H groups in total. The molecular formula is C16H14FN5O3. The van der Waals surface area contributed by atoms with Gasteiger partial charge in [0.25, 0.3) is 5.56 Å². The third kappa shape index (κ3) is 2.78. The van der Waals surface area contributed by atoms with Crippen LogP contribution >= 0.6 is 0 Å². The van der Waals surface area contributed by atoms with E-state index >= 15 is 0 Å². The van der Waals surface area contributed by atoms with Crippen molar-refractivity contribution in [3.05, 3.63) is 57.1 Å². The summed E-state index contributed by atoms with van der Waals surface area (Å²) in [5, 5.41) is 0.181. The van der Waals surface area contributed by atoms with Crippen molar-refractivity contribution < 1.29 is 9.13 Å². The average Bonchev–Trinajstić information content (AvgIpc) is 2.63. The lowest BCUT2D eigenvalue weighted by Gasteiger charge is -2.26. The zero-order valence-corrected chi connectivity index (χ0v) is 13.1. The molecule has 0 atom stereocenters. The number of rotatable bonds is 2. The quantitative estimate of drug-likeness (QED) is 0.726. The van der Waals surface area contributed by atoms with Gasteiger partial charge in [0.05, 0.1) is 18.9 Å². The summed E-state index contributed by atoms with van der Waals surface area (Å²) in [7, 11) is 0. The number of morpholine rings is 1. The summed E-state index contributed by atoms with van der Waals surface area (Å²) in [4.78, 5) is 38.1. The number of halogens is 1. The Morgan fingerprint density at radius 1 is 1.12 bits per heavy atom.